The van der Waals surface area contributed by atoms with Crippen LogP contribution < -0.4 is 5.73 Å². The van der Waals surface area contributed by atoms with Gasteiger partial charge in [0.1, 0.15) is 0 Å². The fourth-order valence-electron chi connectivity index (χ4n) is 1.49. The van der Waals surface area contributed by atoms with Gasteiger partial charge in [-0.25, -0.2) is 4.98 Å². The van der Waals surface area contributed by atoms with Crippen molar-refractivity contribution in [3.05, 3.63) is 11.1 Å². The number of anilines is 1. The first-order chi connectivity index (χ1) is 6.27. The Labute approximate surface area is 84.2 Å². The fourth-order valence-corrected chi connectivity index (χ4v) is 2.39. The molecular weight excluding hydrogens is 180 g/mol. The lowest BCUT2D eigenvalue weighted by molar-refractivity contribution is 0.576. The second kappa shape index (κ2) is 5.22. The van der Waals surface area contributed by atoms with Crippen LogP contribution in [-0.2, 0) is 0 Å². The molecule has 1 aromatic rings. The average molecular weight is 198 g/mol. The van der Waals surface area contributed by atoms with E-state index in [9.17, 15) is 0 Å². The van der Waals surface area contributed by atoms with Gasteiger partial charge < -0.3 is 5.73 Å². The third kappa shape index (κ3) is 2.99. The van der Waals surface area contributed by atoms with Crippen LogP contribution in [0.5, 0.6) is 0 Å². The van der Waals surface area contributed by atoms with Crippen LogP contribution in [0.25, 0.3) is 0 Å². The van der Waals surface area contributed by atoms with Gasteiger partial charge in [0.25, 0.3) is 0 Å². The van der Waals surface area contributed by atoms with Gasteiger partial charge in [-0.05, 0) is 18.8 Å². The molecule has 1 heterocycles. The molecule has 74 valence electrons. The molecule has 0 aliphatic carbocycles. The molecule has 0 saturated carbocycles. The van der Waals surface area contributed by atoms with Crippen LogP contribution in [0.4, 0.5) is 5.13 Å². The van der Waals surface area contributed by atoms with E-state index in [1.807, 2.05) is 6.20 Å². The Balaban J connectivity index is 2.56. The van der Waals surface area contributed by atoms with E-state index in [-0.39, 0.29) is 0 Å². The molecule has 1 rings (SSSR count). The van der Waals surface area contributed by atoms with Crippen molar-refractivity contribution in [3.63, 3.8) is 0 Å². The molecule has 0 aliphatic heterocycles. The Hall–Kier alpha value is -0.570. The van der Waals surface area contributed by atoms with Gasteiger partial charge in [-0.3, -0.25) is 0 Å². The average Bonchev–Trinajstić information content (AvgIpc) is 2.54. The monoisotopic (exact) mass is 198 g/mol. The zero-order valence-electron chi connectivity index (χ0n) is 8.42. The SMILES string of the molecule is CCCCC(CC)c1cnc(N)s1. The van der Waals surface area contributed by atoms with E-state index in [1.165, 1.54) is 30.6 Å². The summed E-state index contributed by atoms with van der Waals surface area (Å²) in [7, 11) is 0. The lowest BCUT2D eigenvalue weighted by atomic mass is 9.98. The number of hydrogen-bond acceptors (Lipinski definition) is 3. The maximum absolute atomic E-state index is 5.61. The lowest BCUT2D eigenvalue weighted by Gasteiger charge is -2.10. The van der Waals surface area contributed by atoms with Crippen molar-refractivity contribution in [2.45, 2.75) is 45.4 Å². The van der Waals surface area contributed by atoms with Crippen molar-refractivity contribution >= 4 is 16.5 Å². The number of thiazole rings is 1. The third-order valence-corrected chi connectivity index (χ3v) is 3.33. The molecular formula is C10H18N2S. The second-order valence-corrected chi connectivity index (χ2v) is 4.44. The van der Waals surface area contributed by atoms with Crippen LogP contribution in [0.3, 0.4) is 0 Å². The molecule has 1 unspecified atom stereocenters. The molecule has 0 aromatic carbocycles. The Bertz CT molecular complexity index is 245. The highest BCUT2D eigenvalue weighted by Crippen LogP contribution is 2.30. The first kappa shape index (κ1) is 10.5. The highest BCUT2D eigenvalue weighted by atomic mass is 32.1. The summed E-state index contributed by atoms with van der Waals surface area (Å²) in [6, 6.07) is 0. The largest absolute Gasteiger partial charge is 0.375 e. The molecule has 13 heavy (non-hydrogen) atoms. The highest BCUT2D eigenvalue weighted by molar-refractivity contribution is 7.15. The summed E-state index contributed by atoms with van der Waals surface area (Å²) >= 11 is 1.64. The number of nitrogens with two attached hydrogens (primary N) is 1. The van der Waals surface area contributed by atoms with Crippen LogP contribution in [0.2, 0.25) is 0 Å². The Morgan fingerprint density at radius 1 is 1.54 bits per heavy atom. The molecule has 0 saturated heterocycles. The maximum Gasteiger partial charge on any atom is 0.180 e. The summed E-state index contributed by atoms with van der Waals surface area (Å²) < 4.78 is 0. The summed E-state index contributed by atoms with van der Waals surface area (Å²) in [6.45, 7) is 4.46. The van der Waals surface area contributed by atoms with Gasteiger partial charge in [0, 0.05) is 11.1 Å². The molecule has 1 aromatic heterocycles. The van der Waals surface area contributed by atoms with Crippen molar-refractivity contribution in [2.24, 2.45) is 0 Å². The summed E-state index contributed by atoms with van der Waals surface area (Å²) in [4.78, 5) is 5.44. The first-order valence-corrected chi connectivity index (χ1v) is 5.80. The van der Waals surface area contributed by atoms with E-state index in [1.54, 1.807) is 11.3 Å². The van der Waals surface area contributed by atoms with Gasteiger partial charge in [0.2, 0.25) is 0 Å². The predicted octanol–water partition coefficient (Wildman–Crippen LogP) is 3.41. The number of rotatable bonds is 5. The van der Waals surface area contributed by atoms with E-state index in [0.29, 0.717) is 11.0 Å². The van der Waals surface area contributed by atoms with Crippen LogP contribution in [0.1, 0.15) is 50.3 Å². The van der Waals surface area contributed by atoms with Crippen LogP contribution in [0, 0.1) is 0 Å². The standard InChI is InChI=1S/C10H18N2S/c1-3-5-6-8(4-2)9-7-12-10(11)13-9/h7-8H,3-6H2,1-2H3,(H2,11,12). The van der Waals surface area contributed by atoms with Gasteiger partial charge in [-0.2, -0.15) is 0 Å². The number of unbranched alkanes of at least 4 members (excludes halogenated alkanes) is 1. The van der Waals surface area contributed by atoms with E-state index in [2.05, 4.69) is 18.8 Å². The van der Waals surface area contributed by atoms with Crippen molar-refractivity contribution in [3.8, 4) is 0 Å². The van der Waals surface area contributed by atoms with Crippen LogP contribution in [0.15, 0.2) is 6.20 Å². The van der Waals surface area contributed by atoms with Crippen LogP contribution in [-0.4, -0.2) is 4.98 Å². The highest BCUT2D eigenvalue weighted by Gasteiger charge is 2.11. The summed E-state index contributed by atoms with van der Waals surface area (Å²) in [5.41, 5.74) is 5.61. The summed E-state index contributed by atoms with van der Waals surface area (Å²) in [6.07, 6.45) is 6.97. The smallest absolute Gasteiger partial charge is 0.180 e. The topological polar surface area (TPSA) is 38.9 Å². The molecule has 0 bridgehead atoms. The van der Waals surface area contributed by atoms with E-state index < -0.39 is 0 Å². The minimum Gasteiger partial charge on any atom is -0.375 e. The zero-order valence-corrected chi connectivity index (χ0v) is 9.23. The molecule has 0 amide bonds. The van der Waals surface area contributed by atoms with Gasteiger partial charge in [-0.15, -0.1) is 11.3 Å². The predicted molar refractivity (Wildman–Crippen MR) is 59.1 cm³/mol. The lowest BCUT2D eigenvalue weighted by Crippen LogP contribution is -1.93. The fraction of sp³-hybridized carbons (Fsp3) is 0.700. The van der Waals surface area contributed by atoms with Gasteiger partial charge in [0.15, 0.2) is 5.13 Å². The molecule has 0 aliphatic rings. The summed E-state index contributed by atoms with van der Waals surface area (Å²) in [5, 5.41) is 0.699. The van der Waals surface area contributed by atoms with Gasteiger partial charge in [0.05, 0.1) is 0 Å². The second-order valence-electron chi connectivity index (χ2n) is 3.35. The van der Waals surface area contributed by atoms with Crippen molar-refractivity contribution in [2.75, 3.05) is 5.73 Å². The van der Waals surface area contributed by atoms with Gasteiger partial charge >= 0.3 is 0 Å². The normalized spacial score (nSPS) is 13.1. The summed E-state index contributed by atoms with van der Waals surface area (Å²) in [5.74, 6) is 0.676. The number of nitrogen functional groups attached to an aromatic ring is 1. The maximum atomic E-state index is 5.61. The molecule has 0 spiro atoms. The van der Waals surface area contributed by atoms with Crippen LogP contribution >= 0.6 is 11.3 Å². The zero-order chi connectivity index (χ0) is 9.68. The minimum atomic E-state index is 0.676. The molecule has 0 fully saturated rings. The number of aromatic nitrogens is 1. The van der Waals surface area contributed by atoms with E-state index in [4.69, 9.17) is 5.73 Å². The Kier molecular flexibility index (Phi) is 4.22. The van der Waals surface area contributed by atoms with E-state index >= 15 is 0 Å². The molecule has 3 heteroatoms. The van der Waals surface area contributed by atoms with Crippen molar-refractivity contribution in [1.82, 2.24) is 4.98 Å². The minimum absolute atomic E-state index is 0.676. The Morgan fingerprint density at radius 2 is 2.31 bits per heavy atom. The molecule has 2 N–H and O–H groups in total. The van der Waals surface area contributed by atoms with Gasteiger partial charge in [-0.1, -0.05) is 26.7 Å². The molecule has 0 radical (unpaired) electrons. The Morgan fingerprint density at radius 3 is 2.77 bits per heavy atom. The first-order valence-electron chi connectivity index (χ1n) is 4.99. The van der Waals surface area contributed by atoms with Crippen molar-refractivity contribution < 1.29 is 0 Å². The number of hydrogen-bond donors (Lipinski definition) is 1. The van der Waals surface area contributed by atoms with Crippen molar-refractivity contribution in [1.29, 1.82) is 0 Å². The van der Waals surface area contributed by atoms with E-state index in [0.717, 1.165) is 0 Å². The third-order valence-electron chi connectivity index (χ3n) is 2.34. The molecule has 1 atom stereocenters. The molecule has 2 nitrogen and oxygen atoms in total. The quantitative estimate of drug-likeness (QED) is 0.787. The number of nitrogens with zero attached hydrogens (tertiary/aromatic N) is 1.